The largest absolute Gasteiger partial charge is 0.397 e. The molecule has 0 saturated carbocycles. The maximum absolute atomic E-state index is 11.9. The number of benzene rings is 1. The predicted molar refractivity (Wildman–Crippen MR) is 70.5 cm³/mol. The molecule has 1 rings (SSSR count). The van der Waals surface area contributed by atoms with E-state index in [2.05, 4.69) is 5.32 Å². The number of nitrogens with two attached hydrogens (primary N) is 1. The van der Waals surface area contributed by atoms with E-state index in [1.807, 2.05) is 6.92 Å². The summed E-state index contributed by atoms with van der Waals surface area (Å²) in [5, 5.41) is 3.11. The lowest BCUT2D eigenvalue weighted by Crippen LogP contribution is -2.22. The fraction of sp³-hybridized carbons (Fsp3) is 0.455. The zero-order chi connectivity index (χ0) is 13.1. The first-order valence-corrected chi connectivity index (χ1v) is 6.89. The van der Waals surface area contributed by atoms with Crippen molar-refractivity contribution in [1.82, 2.24) is 4.31 Å². The summed E-state index contributed by atoms with van der Waals surface area (Å²) in [4.78, 5) is 0.246. The lowest BCUT2D eigenvalue weighted by Gasteiger charge is -2.14. The van der Waals surface area contributed by atoms with Crippen LogP contribution in [0.15, 0.2) is 23.1 Å². The molecule has 6 heteroatoms. The highest BCUT2D eigenvalue weighted by Crippen LogP contribution is 2.24. The van der Waals surface area contributed by atoms with Crippen LogP contribution >= 0.6 is 0 Å². The van der Waals surface area contributed by atoms with Gasteiger partial charge < -0.3 is 11.1 Å². The molecule has 0 unspecified atom stereocenters. The van der Waals surface area contributed by atoms with Gasteiger partial charge in [-0.05, 0) is 24.6 Å². The van der Waals surface area contributed by atoms with Crippen LogP contribution in [0.25, 0.3) is 0 Å². The van der Waals surface area contributed by atoms with E-state index < -0.39 is 10.0 Å². The third kappa shape index (κ3) is 3.10. The number of nitrogen functional groups attached to an aromatic ring is 1. The third-order valence-corrected chi connectivity index (χ3v) is 4.18. The van der Waals surface area contributed by atoms with Crippen LogP contribution in [0.4, 0.5) is 11.4 Å². The standard InChI is InChI=1S/C11H19N3O2S/c1-4-7-13-11-8-9(5-6-10(11)12)17(15,16)14(2)3/h5-6,8,13H,4,7,12H2,1-3H3. The first kappa shape index (κ1) is 13.8. The van der Waals surface area contributed by atoms with E-state index in [0.29, 0.717) is 11.4 Å². The minimum Gasteiger partial charge on any atom is -0.397 e. The van der Waals surface area contributed by atoms with Crippen LogP contribution in [0.3, 0.4) is 0 Å². The zero-order valence-electron chi connectivity index (χ0n) is 10.4. The molecule has 0 bridgehead atoms. The Morgan fingerprint density at radius 1 is 1.35 bits per heavy atom. The molecule has 96 valence electrons. The van der Waals surface area contributed by atoms with Crippen LogP contribution in [0.2, 0.25) is 0 Å². The van der Waals surface area contributed by atoms with Gasteiger partial charge in [0.2, 0.25) is 10.0 Å². The van der Waals surface area contributed by atoms with Gasteiger partial charge in [0, 0.05) is 20.6 Å². The van der Waals surface area contributed by atoms with Crippen molar-refractivity contribution in [3.8, 4) is 0 Å². The van der Waals surface area contributed by atoms with Crippen molar-refractivity contribution in [2.45, 2.75) is 18.2 Å². The number of nitrogens with one attached hydrogen (secondary N) is 1. The molecule has 0 aliphatic rings. The van der Waals surface area contributed by atoms with Gasteiger partial charge >= 0.3 is 0 Å². The molecule has 1 aromatic rings. The Balaban J connectivity index is 3.13. The van der Waals surface area contributed by atoms with Crippen LogP contribution in [-0.4, -0.2) is 33.4 Å². The van der Waals surface area contributed by atoms with Gasteiger partial charge in [-0.1, -0.05) is 6.92 Å². The number of hydrogen-bond donors (Lipinski definition) is 2. The number of anilines is 2. The first-order chi connectivity index (χ1) is 7.89. The summed E-state index contributed by atoms with van der Waals surface area (Å²) in [6, 6.07) is 4.69. The summed E-state index contributed by atoms with van der Waals surface area (Å²) in [6.07, 6.45) is 0.949. The molecule has 5 nitrogen and oxygen atoms in total. The molecule has 0 spiro atoms. The van der Waals surface area contributed by atoms with Crippen LogP contribution in [0.1, 0.15) is 13.3 Å². The molecule has 0 heterocycles. The minimum absolute atomic E-state index is 0.246. The molecule has 0 aromatic heterocycles. The highest BCUT2D eigenvalue weighted by Gasteiger charge is 2.18. The average molecular weight is 257 g/mol. The van der Waals surface area contributed by atoms with Crippen molar-refractivity contribution in [3.63, 3.8) is 0 Å². The van der Waals surface area contributed by atoms with E-state index in [1.54, 1.807) is 12.1 Å². The van der Waals surface area contributed by atoms with Gasteiger partial charge in [0.15, 0.2) is 0 Å². The quantitative estimate of drug-likeness (QED) is 0.781. The molecular formula is C11H19N3O2S. The SMILES string of the molecule is CCCNc1cc(S(=O)(=O)N(C)C)ccc1N. The average Bonchev–Trinajstić information content (AvgIpc) is 2.27. The van der Waals surface area contributed by atoms with E-state index in [9.17, 15) is 8.42 Å². The lowest BCUT2D eigenvalue weighted by atomic mass is 10.2. The number of hydrogen-bond acceptors (Lipinski definition) is 4. The molecule has 0 aliphatic carbocycles. The van der Waals surface area contributed by atoms with E-state index in [-0.39, 0.29) is 4.90 Å². The van der Waals surface area contributed by atoms with Gasteiger partial charge in [-0.25, -0.2) is 12.7 Å². The van der Waals surface area contributed by atoms with Crippen molar-refractivity contribution in [2.24, 2.45) is 0 Å². The van der Waals surface area contributed by atoms with Gasteiger partial charge in [-0.2, -0.15) is 0 Å². The molecular weight excluding hydrogens is 238 g/mol. The number of rotatable bonds is 5. The van der Waals surface area contributed by atoms with E-state index >= 15 is 0 Å². The highest BCUT2D eigenvalue weighted by atomic mass is 32.2. The third-order valence-electron chi connectivity index (χ3n) is 2.37. The summed E-state index contributed by atoms with van der Waals surface area (Å²) in [7, 11) is -0.394. The second-order valence-electron chi connectivity index (χ2n) is 3.96. The number of sulfonamides is 1. The van der Waals surface area contributed by atoms with Crippen molar-refractivity contribution in [2.75, 3.05) is 31.7 Å². The predicted octanol–water partition coefficient (Wildman–Crippen LogP) is 1.34. The molecule has 3 N–H and O–H groups in total. The fourth-order valence-electron chi connectivity index (χ4n) is 1.32. The van der Waals surface area contributed by atoms with Gasteiger partial charge in [0.25, 0.3) is 0 Å². The van der Waals surface area contributed by atoms with E-state index in [4.69, 9.17) is 5.73 Å². The van der Waals surface area contributed by atoms with Crippen molar-refractivity contribution >= 4 is 21.4 Å². The smallest absolute Gasteiger partial charge is 0.242 e. The Hall–Kier alpha value is -1.27. The highest BCUT2D eigenvalue weighted by molar-refractivity contribution is 7.89. The Morgan fingerprint density at radius 2 is 2.00 bits per heavy atom. The zero-order valence-corrected chi connectivity index (χ0v) is 11.2. The van der Waals surface area contributed by atoms with Crippen molar-refractivity contribution in [3.05, 3.63) is 18.2 Å². The maximum atomic E-state index is 11.9. The van der Waals surface area contributed by atoms with Gasteiger partial charge in [0.05, 0.1) is 16.3 Å². The second kappa shape index (κ2) is 5.37. The minimum atomic E-state index is -3.40. The van der Waals surface area contributed by atoms with E-state index in [1.165, 1.54) is 24.5 Å². The van der Waals surface area contributed by atoms with E-state index in [0.717, 1.165) is 13.0 Å². The Bertz CT molecular complexity index is 483. The van der Waals surface area contributed by atoms with Crippen molar-refractivity contribution in [1.29, 1.82) is 0 Å². The molecule has 0 amide bonds. The van der Waals surface area contributed by atoms with Gasteiger partial charge in [0.1, 0.15) is 0 Å². The molecule has 1 aromatic carbocycles. The molecule has 17 heavy (non-hydrogen) atoms. The summed E-state index contributed by atoms with van der Waals surface area (Å²) in [6.45, 7) is 2.79. The summed E-state index contributed by atoms with van der Waals surface area (Å²) < 4.78 is 25.0. The van der Waals surface area contributed by atoms with Crippen LogP contribution in [0, 0.1) is 0 Å². The molecule has 0 radical (unpaired) electrons. The first-order valence-electron chi connectivity index (χ1n) is 5.45. The lowest BCUT2D eigenvalue weighted by molar-refractivity contribution is 0.521. The summed E-state index contributed by atoms with van der Waals surface area (Å²) in [5.74, 6) is 0. The van der Waals surface area contributed by atoms with Crippen LogP contribution < -0.4 is 11.1 Å². The Labute approximate surface area is 103 Å². The van der Waals surface area contributed by atoms with Crippen LogP contribution in [0.5, 0.6) is 0 Å². The monoisotopic (exact) mass is 257 g/mol. The van der Waals surface area contributed by atoms with Crippen LogP contribution in [-0.2, 0) is 10.0 Å². The Morgan fingerprint density at radius 3 is 2.53 bits per heavy atom. The topological polar surface area (TPSA) is 75.4 Å². The molecule has 0 atom stereocenters. The van der Waals surface area contributed by atoms with Gasteiger partial charge in [-0.3, -0.25) is 0 Å². The second-order valence-corrected chi connectivity index (χ2v) is 6.12. The molecule has 0 fully saturated rings. The molecule has 0 aliphatic heterocycles. The van der Waals surface area contributed by atoms with Gasteiger partial charge in [-0.15, -0.1) is 0 Å². The molecule has 0 saturated heterocycles. The van der Waals surface area contributed by atoms with Crippen molar-refractivity contribution < 1.29 is 8.42 Å². The summed E-state index contributed by atoms with van der Waals surface area (Å²) in [5.41, 5.74) is 6.99. The normalized spacial score (nSPS) is 11.8. The number of nitrogens with zero attached hydrogens (tertiary/aromatic N) is 1. The summed E-state index contributed by atoms with van der Waals surface area (Å²) >= 11 is 0. The Kier molecular flexibility index (Phi) is 4.36. The fourth-order valence-corrected chi connectivity index (χ4v) is 2.25. The maximum Gasteiger partial charge on any atom is 0.242 e.